The molecule has 4 aromatic rings. The van der Waals surface area contributed by atoms with Gasteiger partial charge in [-0.3, -0.25) is 9.59 Å². The second-order valence-corrected chi connectivity index (χ2v) is 7.26. The summed E-state index contributed by atoms with van der Waals surface area (Å²) in [5.74, 6) is 0.561. The van der Waals surface area contributed by atoms with Crippen LogP contribution in [0, 0.1) is 0 Å². The maximum atomic E-state index is 12.8. The molecule has 0 spiro atoms. The van der Waals surface area contributed by atoms with Gasteiger partial charge in [-0.05, 0) is 48.5 Å². The van der Waals surface area contributed by atoms with Gasteiger partial charge in [0.1, 0.15) is 11.3 Å². The summed E-state index contributed by atoms with van der Waals surface area (Å²) in [6.45, 7) is 1.63. The smallest absolute Gasteiger partial charge is 0.267 e. The third-order valence-electron chi connectivity index (χ3n) is 5.14. The van der Waals surface area contributed by atoms with Crippen molar-refractivity contribution in [3.05, 3.63) is 72.8 Å². The van der Waals surface area contributed by atoms with Crippen molar-refractivity contribution in [3.63, 3.8) is 0 Å². The van der Waals surface area contributed by atoms with Crippen molar-refractivity contribution in [2.45, 2.75) is 13.0 Å². The summed E-state index contributed by atoms with van der Waals surface area (Å²) in [6.07, 6.45) is -0.810. The molecular weight excluding hydrogens is 394 g/mol. The van der Waals surface area contributed by atoms with Crippen molar-refractivity contribution >= 4 is 34.3 Å². The molecule has 0 bridgehead atoms. The molecule has 2 heterocycles. The minimum atomic E-state index is -0.810. The Bertz CT molecular complexity index is 1250. The lowest BCUT2D eigenvalue weighted by molar-refractivity contribution is -0.123. The van der Waals surface area contributed by atoms with Crippen molar-refractivity contribution in [2.24, 2.45) is 0 Å². The molecule has 0 radical (unpaired) electrons. The van der Waals surface area contributed by atoms with Gasteiger partial charge in [-0.1, -0.05) is 24.3 Å². The molecule has 0 aliphatic carbocycles. The highest BCUT2D eigenvalue weighted by molar-refractivity contribution is 5.99. The van der Waals surface area contributed by atoms with Crippen molar-refractivity contribution in [2.75, 3.05) is 16.8 Å². The number of carbonyl (C=O) groups excluding carboxylic acids is 2. The summed E-state index contributed by atoms with van der Waals surface area (Å²) in [7, 11) is 0. The van der Waals surface area contributed by atoms with Crippen molar-refractivity contribution < 1.29 is 18.7 Å². The van der Waals surface area contributed by atoms with E-state index in [1.54, 1.807) is 29.2 Å². The zero-order valence-corrected chi connectivity index (χ0v) is 16.7. The van der Waals surface area contributed by atoms with Gasteiger partial charge in [-0.25, -0.2) is 4.98 Å². The summed E-state index contributed by atoms with van der Waals surface area (Å²) in [5, 5.41) is 2.85. The number of anilines is 2. The van der Waals surface area contributed by atoms with Crippen LogP contribution in [-0.4, -0.2) is 29.4 Å². The maximum absolute atomic E-state index is 12.8. The first-order valence-electron chi connectivity index (χ1n) is 9.89. The second kappa shape index (κ2) is 7.60. The third kappa shape index (κ3) is 3.61. The molecule has 5 rings (SSSR count). The summed E-state index contributed by atoms with van der Waals surface area (Å²) in [5.41, 5.74) is 3.60. The van der Waals surface area contributed by atoms with E-state index in [1.807, 2.05) is 48.5 Å². The molecule has 1 N–H and O–H groups in total. The monoisotopic (exact) mass is 413 g/mol. The number of nitrogens with zero attached hydrogens (tertiary/aromatic N) is 2. The minimum absolute atomic E-state index is 0.142. The van der Waals surface area contributed by atoms with E-state index in [0.717, 1.165) is 16.7 Å². The number of aromatic nitrogens is 1. The van der Waals surface area contributed by atoms with Crippen molar-refractivity contribution in [1.29, 1.82) is 0 Å². The first kappa shape index (κ1) is 18.9. The highest BCUT2D eigenvalue weighted by Gasteiger charge is 2.32. The van der Waals surface area contributed by atoms with Gasteiger partial charge in [0.25, 0.3) is 5.91 Å². The lowest BCUT2D eigenvalue weighted by Crippen LogP contribution is -2.48. The zero-order valence-electron chi connectivity index (χ0n) is 16.7. The fraction of sp³-hybridized carbons (Fsp3) is 0.125. The first-order chi connectivity index (χ1) is 15.1. The van der Waals surface area contributed by atoms with Gasteiger partial charge in [-0.15, -0.1) is 0 Å². The van der Waals surface area contributed by atoms with Crippen LogP contribution in [0.5, 0.6) is 5.75 Å². The minimum Gasteiger partial charge on any atom is -0.476 e. The number of fused-ring (bicyclic) bond motifs is 2. The maximum Gasteiger partial charge on any atom is 0.267 e. The topological polar surface area (TPSA) is 84.7 Å². The molecule has 31 heavy (non-hydrogen) atoms. The fourth-order valence-electron chi connectivity index (χ4n) is 3.58. The van der Waals surface area contributed by atoms with Crippen LogP contribution in [0.2, 0.25) is 0 Å². The number of carbonyl (C=O) groups is 2. The van der Waals surface area contributed by atoms with Gasteiger partial charge in [0, 0.05) is 18.2 Å². The predicted octanol–water partition coefficient (Wildman–Crippen LogP) is 4.25. The average Bonchev–Trinajstić information content (AvgIpc) is 3.23. The SMILES string of the molecule is CC(=O)N1CC(C(=O)Nc2ccc(-c3nc4ccccc4o3)cc2)Oc2ccccc21. The van der Waals surface area contributed by atoms with E-state index in [2.05, 4.69) is 10.3 Å². The molecule has 0 saturated heterocycles. The van der Waals surface area contributed by atoms with Gasteiger partial charge < -0.3 is 19.4 Å². The van der Waals surface area contributed by atoms with Crippen LogP contribution < -0.4 is 15.0 Å². The van der Waals surface area contributed by atoms with Gasteiger partial charge >= 0.3 is 0 Å². The molecule has 1 aliphatic rings. The Hall–Kier alpha value is -4.13. The van der Waals surface area contributed by atoms with Gasteiger partial charge in [-0.2, -0.15) is 0 Å². The Kier molecular flexibility index (Phi) is 4.63. The number of para-hydroxylation sites is 4. The van der Waals surface area contributed by atoms with E-state index in [4.69, 9.17) is 9.15 Å². The van der Waals surface area contributed by atoms with E-state index < -0.39 is 6.10 Å². The number of nitrogens with one attached hydrogen (secondary N) is 1. The Balaban J connectivity index is 1.32. The predicted molar refractivity (Wildman–Crippen MR) is 117 cm³/mol. The first-order valence-corrected chi connectivity index (χ1v) is 9.89. The Morgan fingerprint density at radius 2 is 1.74 bits per heavy atom. The lowest BCUT2D eigenvalue weighted by atomic mass is 10.1. The summed E-state index contributed by atoms with van der Waals surface area (Å²) in [4.78, 5) is 30.9. The molecular formula is C24H19N3O4. The number of rotatable bonds is 3. The van der Waals surface area contributed by atoms with Crippen LogP contribution in [0.15, 0.2) is 77.2 Å². The molecule has 0 fully saturated rings. The lowest BCUT2D eigenvalue weighted by Gasteiger charge is -2.33. The van der Waals surface area contributed by atoms with Crippen molar-refractivity contribution in [1.82, 2.24) is 4.98 Å². The van der Waals surface area contributed by atoms with Crippen LogP contribution in [-0.2, 0) is 9.59 Å². The van der Waals surface area contributed by atoms with E-state index in [-0.39, 0.29) is 18.4 Å². The second-order valence-electron chi connectivity index (χ2n) is 7.26. The van der Waals surface area contributed by atoms with E-state index in [1.165, 1.54) is 6.92 Å². The van der Waals surface area contributed by atoms with Crippen LogP contribution in [0.25, 0.3) is 22.6 Å². The largest absolute Gasteiger partial charge is 0.476 e. The normalized spacial score (nSPS) is 15.3. The van der Waals surface area contributed by atoms with Crippen LogP contribution in [0.4, 0.5) is 11.4 Å². The molecule has 2 amide bonds. The summed E-state index contributed by atoms with van der Waals surface area (Å²) in [6, 6.07) is 22.0. The van der Waals surface area contributed by atoms with Crippen LogP contribution in [0.1, 0.15) is 6.92 Å². The quantitative estimate of drug-likeness (QED) is 0.543. The Morgan fingerprint density at radius 3 is 2.52 bits per heavy atom. The fourth-order valence-corrected chi connectivity index (χ4v) is 3.58. The molecule has 3 aromatic carbocycles. The number of oxazole rings is 1. The number of ether oxygens (including phenoxy) is 1. The number of hydrogen-bond acceptors (Lipinski definition) is 5. The molecule has 7 nitrogen and oxygen atoms in total. The molecule has 1 aliphatic heterocycles. The van der Waals surface area contributed by atoms with E-state index in [9.17, 15) is 9.59 Å². The number of benzene rings is 3. The Morgan fingerprint density at radius 1 is 1.00 bits per heavy atom. The number of hydrogen-bond donors (Lipinski definition) is 1. The molecule has 1 unspecified atom stereocenters. The van der Waals surface area contributed by atoms with Gasteiger partial charge in [0.05, 0.1) is 12.2 Å². The zero-order chi connectivity index (χ0) is 21.4. The van der Waals surface area contributed by atoms with Gasteiger partial charge in [0.2, 0.25) is 11.8 Å². The van der Waals surface area contributed by atoms with E-state index in [0.29, 0.717) is 23.0 Å². The Labute approximate surface area is 178 Å². The van der Waals surface area contributed by atoms with Crippen LogP contribution in [0.3, 0.4) is 0 Å². The van der Waals surface area contributed by atoms with E-state index >= 15 is 0 Å². The number of amides is 2. The summed E-state index contributed by atoms with van der Waals surface area (Å²) >= 11 is 0. The molecule has 1 atom stereocenters. The average molecular weight is 413 g/mol. The standard InChI is InChI=1S/C24H19N3O4/c1-15(28)27-14-22(30-21-9-5-3-7-19(21)27)23(29)25-17-12-10-16(11-13-17)24-26-18-6-2-4-8-20(18)31-24/h2-13,22H,14H2,1H3,(H,25,29). The highest BCUT2D eigenvalue weighted by Crippen LogP contribution is 2.33. The molecule has 7 heteroatoms. The highest BCUT2D eigenvalue weighted by atomic mass is 16.5. The molecule has 1 aromatic heterocycles. The van der Waals surface area contributed by atoms with Gasteiger partial charge in [0.15, 0.2) is 11.7 Å². The van der Waals surface area contributed by atoms with Crippen LogP contribution >= 0.6 is 0 Å². The molecule has 0 saturated carbocycles. The summed E-state index contributed by atoms with van der Waals surface area (Å²) < 4.78 is 11.6. The third-order valence-corrected chi connectivity index (χ3v) is 5.14. The van der Waals surface area contributed by atoms with Crippen molar-refractivity contribution in [3.8, 4) is 17.2 Å². The molecule has 154 valence electrons.